The van der Waals surface area contributed by atoms with E-state index >= 15 is 0 Å². The van der Waals surface area contributed by atoms with E-state index in [0.29, 0.717) is 13.2 Å². The van der Waals surface area contributed by atoms with E-state index in [1.165, 1.54) is 5.56 Å². The van der Waals surface area contributed by atoms with E-state index in [2.05, 4.69) is 28.1 Å². The summed E-state index contributed by atoms with van der Waals surface area (Å²) in [5.74, 6) is 0.910. The summed E-state index contributed by atoms with van der Waals surface area (Å²) in [7, 11) is 1.70. The first-order valence-electron chi connectivity index (χ1n) is 9.74. The highest BCUT2D eigenvalue weighted by molar-refractivity contribution is 5.27. The van der Waals surface area contributed by atoms with Crippen LogP contribution in [0.1, 0.15) is 30.4 Å². The Bertz CT molecular complexity index is 712. The lowest BCUT2D eigenvalue weighted by molar-refractivity contribution is -0.0468. The van der Waals surface area contributed by atoms with Crippen LogP contribution in [0.3, 0.4) is 0 Å². The Kier molecular flexibility index (Phi) is 5.72. The number of pyridine rings is 1. The largest absolute Gasteiger partial charge is 0.497 e. The minimum Gasteiger partial charge on any atom is -0.497 e. The lowest BCUT2D eigenvalue weighted by atomic mass is 9.88. The highest BCUT2D eigenvalue weighted by Crippen LogP contribution is 2.37. The fraction of sp³-hybridized carbons (Fsp3) is 0.500. The van der Waals surface area contributed by atoms with Crippen molar-refractivity contribution in [2.45, 2.75) is 44.1 Å². The minimum absolute atomic E-state index is 0.00993. The summed E-state index contributed by atoms with van der Waals surface area (Å²) < 4.78 is 17.5. The van der Waals surface area contributed by atoms with Crippen molar-refractivity contribution in [2.24, 2.45) is 0 Å². The van der Waals surface area contributed by atoms with Crippen LogP contribution in [0.5, 0.6) is 5.75 Å². The van der Waals surface area contributed by atoms with E-state index in [1.807, 2.05) is 24.4 Å². The van der Waals surface area contributed by atoms with Gasteiger partial charge in [-0.3, -0.25) is 9.88 Å². The third kappa shape index (κ3) is 4.67. The van der Waals surface area contributed by atoms with Crippen molar-refractivity contribution in [3.8, 4) is 5.75 Å². The average molecular weight is 368 g/mol. The number of hydrogen-bond acceptors (Lipinski definition) is 5. The number of rotatable bonds is 6. The number of ether oxygens (including phenoxy) is 3. The van der Waals surface area contributed by atoms with Crippen molar-refractivity contribution >= 4 is 0 Å². The lowest BCUT2D eigenvalue weighted by Crippen LogP contribution is -2.43. The summed E-state index contributed by atoms with van der Waals surface area (Å²) in [6, 6.07) is 12.4. The van der Waals surface area contributed by atoms with Gasteiger partial charge in [0.25, 0.3) is 0 Å². The van der Waals surface area contributed by atoms with Gasteiger partial charge in [-0.2, -0.15) is 0 Å². The van der Waals surface area contributed by atoms with Crippen molar-refractivity contribution in [3.63, 3.8) is 0 Å². The van der Waals surface area contributed by atoms with Crippen molar-refractivity contribution in [3.05, 3.63) is 59.9 Å². The van der Waals surface area contributed by atoms with Crippen molar-refractivity contribution in [1.29, 1.82) is 0 Å². The fourth-order valence-electron chi connectivity index (χ4n) is 4.06. The van der Waals surface area contributed by atoms with Gasteiger partial charge in [-0.25, -0.2) is 0 Å². The molecule has 1 unspecified atom stereocenters. The average Bonchev–Trinajstić information content (AvgIpc) is 3.12. The molecule has 1 aromatic heterocycles. The summed E-state index contributed by atoms with van der Waals surface area (Å²) in [4.78, 5) is 6.66. The topological polar surface area (TPSA) is 43.8 Å². The Morgan fingerprint density at radius 3 is 2.67 bits per heavy atom. The maximum atomic E-state index is 6.23. The van der Waals surface area contributed by atoms with Gasteiger partial charge in [-0.05, 0) is 42.2 Å². The molecular weight excluding hydrogens is 340 g/mol. The molecule has 2 saturated heterocycles. The van der Waals surface area contributed by atoms with Gasteiger partial charge in [0, 0.05) is 38.4 Å². The van der Waals surface area contributed by atoms with Crippen LogP contribution < -0.4 is 4.74 Å². The maximum absolute atomic E-state index is 6.23. The zero-order valence-corrected chi connectivity index (χ0v) is 16.0. The van der Waals surface area contributed by atoms with Gasteiger partial charge in [0.2, 0.25) is 0 Å². The quantitative estimate of drug-likeness (QED) is 0.782. The number of likely N-dealkylation sites (tertiary alicyclic amines) is 1. The van der Waals surface area contributed by atoms with Crippen LogP contribution in [0.2, 0.25) is 0 Å². The number of methoxy groups -OCH3 is 1. The summed E-state index contributed by atoms with van der Waals surface area (Å²) in [6.45, 7) is 4.45. The number of nitrogens with zero attached hydrogens (tertiary/aromatic N) is 2. The van der Waals surface area contributed by atoms with Gasteiger partial charge in [0.1, 0.15) is 5.75 Å². The van der Waals surface area contributed by atoms with Gasteiger partial charge >= 0.3 is 0 Å². The molecular formula is C22H28N2O3. The monoisotopic (exact) mass is 368 g/mol. The highest BCUT2D eigenvalue weighted by atomic mass is 16.6. The molecule has 2 aliphatic heterocycles. The molecule has 0 amide bonds. The van der Waals surface area contributed by atoms with Gasteiger partial charge in [-0.15, -0.1) is 0 Å². The van der Waals surface area contributed by atoms with Crippen LogP contribution in [0.25, 0.3) is 0 Å². The van der Waals surface area contributed by atoms with Crippen LogP contribution in [-0.2, 0) is 22.6 Å². The number of aromatic nitrogens is 1. The van der Waals surface area contributed by atoms with Crippen LogP contribution in [-0.4, -0.2) is 48.4 Å². The SMILES string of the molecule is COc1ccc(CN2CCC3(CC2)CC(OCc2cccnc2)CO3)cc1. The Hall–Kier alpha value is -1.95. The third-order valence-corrected chi connectivity index (χ3v) is 5.72. The van der Waals surface area contributed by atoms with Crippen molar-refractivity contribution in [1.82, 2.24) is 9.88 Å². The van der Waals surface area contributed by atoms with Crippen LogP contribution in [0.15, 0.2) is 48.8 Å². The van der Waals surface area contributed by atoms with Gasteiger partial charge < -0.3 is 14.2 Å². The molecule has 27 heavy (non-hydrogen) atoms. The predicted octanol–water partition coefficient (Wildman–Crippen LogP) is 3.43. The molecule has 2 aliphatic rings. The summed E-state index contributed by atoms with van der Waals surface area (Å²) in [5, 5.41) is 0. The summed E-state index contributed by atoms with van der Waals surface area (Å²) in [5.41, 5.74) is 2.46. The smallest absolute Gasteiger partial charge is 0.118 e. The van der Waals surface area contributed by atoms with E-state index in [1.54, 1.807) is 13.3 Å². The molecule has 0 radical (unpaired) electrons. The van der Waals surface area contributed by atoms with Crippen LogP contribution >= 0.6 is 0 Å². The third-order valence-electron chi connectivity index (χ3n) is 5.72. The van der Waals surface area contributed by atoms with E-state index in [9.17, 15) is 0 Å². The number of benzene rings is 1. The highest BCUT2D eigenvalue weighted by Gasteiger charge is 2.43. The zero-order chi connectivity index (χ0) is 18.5. The number of piperidine rings is 1. The standard InChI is InChI=1S/C22H28N2O3/c1-25-20-6-4-18(5-7-20)15-24-11-8-22(9-12-24)13-21(17-27-22)26-16-19-3-2-10-23-14-19/h2-7,10,14,21H,8-9,11-13,15-17H2,1H3. The van der Waals surface area contributed by atoms with Crippen LogP contribution in [0.4, 0.5) is 0 Å². The molecule has 3 heterocycles. The van der Waals surface area contributed by atoms with E-state index in [-0.39, 0.29) is 11.7 Å². The molecule has 0 bridgehead atoms. The van der Waals surface area contributed by atoms with Crippen molar-refractivity contribution in [2.75, 3.05) is 26.8 Å². The molecule has 0 N–H and O–H groups in total. The first-order chi connectivity index (χ1) is 13.2. The van der Waals surface area contributed by atoms with Crippen molar-refractivity contribution < 1.29 is 14.2 Å². The summed E-state index contributed by atoms with van der Waals surface area (Å²) >= 11 is 0. The molecule has 1 spiro atoms. The molecule has 1 atom stereocenters. The normalized spacial score (nSPS) is 22.2. The van der Waals surface area contributed by atoms with E-state index in [0.717, 1.165) is 50.2 Å². The number of hydrogen-bond donors (Lipinski definition) is 0. The second-order valence-corrected chi connectivity index (χ2v) is 7.62. The molecule has 0 aliphatic carbocycles. The molecule has 2 aromatic rings. The molecule has 2 fully saturated rings. The van der Waals surface area contributed by atoms with Crippen LogP contribution in [0, 0.1) is 0 Å². The first-order valence-corrected chi connectivity index (χ1v) is 9.74. The Morgan fingerprint density at radius 2 is 1.96 bits per heavy atom. The second-order valence-electron chi connectivity index (χ2n) is 7.62. The minimum atomic E-state index is 0.00993. The fourth-order valence-corrected chi connectivity index (χ4v) is 4.06. The maximum Gasteiger partial charge on any atom is 0.118 e. The molecule has 5 nitrogen and oxygen atoms in total. The lowest BCUT2D eigenvalue weighted by Gasteiger charge is -2.38. The second kappa shape index (κ2) is 8.38. The molecule has 4 rings (SSSR count). The molecule has 144 valence electrons. The molecule has 1 aromatic carbocycles. The summed E-state index contributed by atoms with van der Waals surface area (Å²) in [6.07, 6.45) is 7.01. The van der Waals surface area contributed by atoms with Gasteiger partial charge in [0.15, 0.2) is 0 Å². The Morgan fingerprint density at radius 1 is 1.15 bits per heavy atom. The van der Waals surface area contributed by atoms with E-state index < -0.39 is 0 Å². The molecule has 5 heteroatoms. The van der Waals surface area contributed by atoms with Gasteiger partial charge in [0.05, 0.1) is 32.0 Å². The van der Waals surface area contributed by atoms with E-state index in [4.69, 9.17) is 14.2 Å². The molecule has 0 saturated carbocycles. The zero-order valence-electron chi connectivity index (χ0n) is 16.0. The first kappa shape index (κ1) is 18.4. The Labute approximate surface area is 161 Å². The Balaban J connectivity index is 1.23. The van der Waals surface area contributed by atoms with Gasteiger partial charge in [-0.1, -0.05) is 18.2 Å². The predicted molar refractivity (Wildman–Crippen MR) is 104 cm³/mol.